The lowest BCUT2D eigenvalue weighted by Gasteiger charge is -2.18. The highest BCUT2D eigenvalue weighted by Gasteiger charge is 2.17. The molecule has 0 spiro atoms. The number of esters is 2. The summed E-state index contributed by atoms with van der Waals surface area (Å²) in [6.07, 6.45) is 48.4. The van der Waals surface area contributed by atoms with Crippen LogP contribution in [0.5, 0.6) is 0 Å². The van der Waals surface area contributed by atoms with Crippen molar-refractivity contribution in [1.82, 2.24) is 0 Å². The molecule has 0 aliphatic carbocycles. The first-order valence-corrected chi connectivity index (χ1v) is 21.2. The minimum absolute atomic E-state index is 0.0756. The molecule has 0 aliphatic heterocycles. The largest absolute Gasteiger partial charge is 0.462 e. The predicted molar refractivity (Wildman–Crippen MR) is 215 cm³/mol. The third kappa shape index (κ3) is 38.7. The van der Waals surface area contributed by atoms with Gasteiger partial charge in [0.05, 0.1) is 6.61 Å². The summed E-state index contributed by atoms with van der Waals surface area (Å²) >= 11 is 0. The Morgan fingerprint density at radius 2 is 0.900 bits per heavy atom. The van der Waals surface area contributed by atoms with Crippen LogP contribution in [0, 0.1) is 0 Å². The molecule has 5 heteroatoms. The molecular formula is C45H80O5. The average molecular weight is 701 g/mol. The number of unbranched alkanes of at least 4 members (excludes halogenated alkanes) is 19. The Kier molecular flexibility index (Phi) is 39.5. The Balaban J connectivity index is 4.12. The normalized spacial score (nSPS) is 12.6. The van der Waals surface area contributed by atoms with Gasteiger partial charge in [-0.25, -0.2) is 0 Å². The second-order valence-corrected chi connectivity index (χ2v) is 13.9. The van der Waals surface area contributed by atoms with E-state index in [9.17, 15) is 9.59 Å². The molecule has 0 heterocycles. The molecule has 0 aromatic carbocycles. The van der Waals surface area contributed by atoms with Gasteiger partial charge in [0.15, 0.2) is 6.10 Å². The van der Waals surface area contributed by atoms with E-state index in [1.54, 1.807) is 0 Å². The van der Waals surface area contributed by atoms with Crippen molar-refractivity contribution < 1.29 is 23.8 Å². The number of allylic oxidation sites excluding steroid dienone is 8. The Bertz CT molecular complexity index is 842. The number of hydrogen-bond donors (Lipinski definition) is 0. The van der Waals surface area contributed by atoms with Gasteiger partial charge in [-0.3, -0.25) is 9.59 Å². The van der Waals surface area contributed by atoms with E-state index in [0.717, 1.165) is 83.5 Å². The van der Waals surface area contributed by atoms with Gasteiger partial charge < -0.3 is 14.2 Å². The molecule has 0 saturated heterocycles. The third-order valence-corrected chi connectivity index (χ3v) is 8.85. The smallest absolute Gasteiger partial charge is 0.306 e. The lowest BCUT2D eigenvalue weighted by Crippen LogP contribution is -2.30. The molecule has 0 aromatic heterocycles. The number of carbonyl (C=O) groups excluding carboxylic acids is 2. The highest BCUT2D eigenvalue weighted by Crippen LogP contribution is 2.12. The summed E-state index contributed by atoms with van der Waals surface area (Å²) in [5.74, 6) is -0.428. The van der Waals surface area contributed by atoms with Crippen molar-refractivity contribution in [2.45, 2.75) is 207 Å². The van der Waals surface area contributed by atoms with Crippen LogP contribution >= 0.6 is 0 Å². The summed E-state index contributed by atoms with van der Waals surface area (Å²) in [5, 5.41) is 0. The maximum Gasteiger partial charge on any atom is 0.306 e. The minimum atomic E-state index is -0.539. The molecule has 0 saturated carbocycles. The zero-order valence-electron chi connectivity index (χ0n) is 33.2. The van der Waals surface area contributed by atoms with Crippen molar-refractivity contribution in [3.63, 3.8) is 0 Å². The second kappa shape index (κ2) is 41.3. The SMILES string of the molecule is CC/C=C\C/C=C\C/C=C\CCCCCCCCOCC(COC(=O)CCCCCCC/C=C\CCCCCC)OC(=O)CCCCCCC. The lowest BCUT2D eigenvalue weighted by molar-refractivity contribution is -0.163. The molecule has 0 aromatic rings. The van der Waals surface area contributed by atoms with Crippen LogP contribution in [0.25, 0.3) is 0 Å². The first-order chi connectivity index (χ1) is 24.6. The van der Waals surface area contributed by atoms with Crippen molar-refractivity contribution in [2.24, 2.45) is 0 Å². The molecular weight excluding hydrogens is 620 g/mol. The Hall–Kier alpha value is -2.14. The van der Waals surface area contributed by atoms with Crippen LogP contribution in [0.2, 0.25) is 0 Å². The molecule has 0 rings (SSSR count). The predicted octanol–water partition coefficient (Wildman–Crippen LogP) is 13.7. The molecule has 0 aliphatic rings. The summed E-state index contributed by atoms with van der Waals surface area (Å²) in [6, 6.07) is 0. The molecule has 50 heavy (non-hydrogen) atoms. The average Bonchev–Trinajstić information content (AvgIpc) is 3.11. The summed E-state index contributed by atoms with van der Waals surface area (Å²) in [5.41, 5.74) is 0. The van der Waals surface area contributed by atoms with Crippen molar-refractivity contribution in [3.05, 3.63) is 48.6 Å². The van der Waals surface area contributed by atoms with Gasteiger partial charge in [-0.15, -0.1) is 0 Å². The fraction of sp³-hybridized carbons (Fsp3) is 0.778. The van der Waals surface area contributed by atoms with E-state index >= 15 is 0 Å². The Morgan fingerprint density at radius 1 is 0.460 bits per heavy atom. The maximum absolute atomic E-state index is 12.5. The van der Waals surface area contributed by atoms with Gasteiger partial charge in [-0.05, 0) is 77.0 Å². The van der Waals surface area contributed by atoms with Crippen molar-refractivity contribution in [3.8, 4) is 0 Å². The minimum Gasteiger partial charge on any atom is -0.462 e. The standard InChI is InChI=1S/C45H80O5/c1-4-7-10-13-15-17-19-21-22-23-25-27-29-31-34-37-40-48-41-43(50-45(47)39-36-32-12-9-6-3)42-49-44(46)38-35-33-30-28-26-24-20-18-16-14-11-8-5-2/h7,10,15,17-18,20-22,43H,4-6,8-9,11-14,16,19,23-42H2,1-3H3/b10-7-,17-15-,20-18-,22-21-. The Morgan fingerprint density at radius 3 is 1.48 bits per heavy atom. The highest BCUT2D eigenvalue weighted by atomic mass is 16.6. The summed E-state index contributed by atoms with van der Waals surface area (Å²) in [7, 11) is 0. The number of carbonyl (C=O) groups is 2. The number of ether oxygens (including phenoxy) is 3. The van der Waals surface area contributed by atoms with Gasteiger partial charge in [0.25, 0.3) is 0 Å². The molecule has 0 radical (unpaired) electrons. The quantitative estimate of drug-likeness (QED) is 0.0364. The second-order valence-electron chi connectivity index (χ2n) is 13.9. The van der Waals surface area contributed by atoms with Crippen LogP contribution in [0.1, 0.15) is 201 Å². The third-order valence-electron chi connectivity index (χ3n) is 8.85. The fourth-order valence-electron chi connectivity index (χ4n) is 5.69. The van der Waals surface area contributed by atoms with Gasteiger partial charge in [-0.1, -0.05) is 159 Å². The number of hydrogen-bond acceptors (Lipinski definition) is 5. The van der Waals surface area contributed by atoms with E-state index < -0.39 is 6.10 Å². The van der Waals surface area contributed by atoms with Crippen LogP contribution in [-0.4, -0.2) is 37.9 Å². The molecule has 1 atom stereocenters. The van der Waals surface area contributed by atoms with Crippen molar-refractivity contribution in [1.29, 1.82) is 0 Å². The van der Waals surface area contributed by atoms with E-state index in [4.69, 9.17) is 14.2 Å². The van der Waals surface area contributed by atoms with Gasteiger partial charge in [0, 0.05) is 19.4 Å². The first kappa shape index (κ1) is 47.9. The molecule has 1 unspecified atom stereocenters. The van der Waals surface area contributed by atoms with Crippen molar-refractivity contribution >= 4 is 11.9 Å². The van der Waals surface area contributed by atoms with Crippen LogP contribution in [0.4, 0.5) is 0 Å². The van der Waals surface area contributed by atoms with Crippen LogP contribution in [0.15, 0.2) is 48.6 Å². The van der Waals surface area contributed by atoms with Gasteiger partial charge in [0.2, 0.25) is 0 Å². The fourth-order valence-corrected chi connectivity index (χ4v) is 5.69. The van der Waals surface area contributed by atoms with Crippen LogP contribution in [-0.2, 0) is 23.8 Å². The molecule has 0 amide bonds. The highest BCUT2D eigenvalue weighted by molar-refractivity contribution is 5.70. The topological polar surface area (TPSA) is 61.8 Å². The maximum atomic E-state index is 12.5. The van der Waals surface area contributed by atoms with E-state index in [0.29, 0.717) is 19.4 Å². The van der Waals surface area contributed by atoms with Crippen LogP contribution in [0.3, 0.4) is 0 Å². The summed E-state index contributed by atoms with van der Waals surface area (Å²) < 4.78 is 17.1. The van der Waals surface area contributed by atoms with E-state index in [2.05, 4.69) is 69.4 Å². The lowest BCUT2D eigenvalue weighted by atomic mass is 10.1. The zero-order chi connectivity index (χ0) is 36.4. The number of rotatable bonds is 38. The summed E-state index contributed by atoms with van der Waals surface area (Å²) in [4.78, 5) is 24.9. The molecule has 0 N–H and O–H groups in total. The molecule has 0 fully saturated rings. The van der Waals surface area contributed by atoms with Gasteiger partial charge in [0.1, 0.15) is 6.61 Å². The van der Waals surface area contributed by atoms with E-state index in [1.807, 2.05) is 0 Å². The van der Waals surface area contributed by atoms with E-state index in [1.165, 1.54) is 83.5 Å². The first-order valence-electron chi connectivity index (χ1n) is 21.2. The molecule has 0 bridgehead atoms. The van der Waals surface area contributed by atoms with Gasteiger partial charge in [-0.2, -0.15) is 0 Å². The van der Waals surface area contributed by atoms with Gasteiger partial charge >= 0.3 is 11.9 Å². The molecule has 290 valence electrons. The van der Waals surface area contributed by atoms with Crippen LogP contribution < -0.4 is 0 Å². The zero-order valence-corrected chi connectivity index (χ0v) is 33.2. The summed E-state index contributed by atoms with van der Waals surface area (Å²) in [6.45, 7) is 7.59. The Labute approximate surface area is 310 Å². The molecule has 5 nitrogen and oxygen atoms in total. The monoisotopic (exact) mass is 701 g/mol. The van der Waals surface area contributed by atoms with E-state index in [-0.39, 0.29) is 25.2 Å². The van der Waals surface area contributed by atoms with Crippen molar-refractivity contribution in [2.75, 3.05) is 19.8 Å².